The third kappa shape index (κ3) is 5.97. The Balaban J connectivity index is 1.44. The van der Waals surface area contributed by atoms with E-state index < -0.39 is 0 Å². The second-order valence-corrected chi connectivity index (χ2v) is 11.1. The van der Waals surface area contributed by atoms with Crippen LogP contribution in [-0.2, 0) is 16.0 Å². The van der Waals surface area contributed by atoms with Gasteiger partial charge in [0.05, 0.1) is 12.1 Å². The number of unbranched alkanes of at least 4 members (excludes halogenated alkanes) is 3. The van der Waals surface area contributed by atoms with Gasteiger partial charge in [0.2, 0.25) is 11.8 Å². The van der Waals surface area contributed by atoms with E-state index in [9.17, 15) is 9.59 Å². The Kier molecular flexibility index (Phi) is 9.01. The first-order valence-electron chi connectivity index (χ1n) is 13.4. The second kappa shape index (κ2) is 12.2. The molecule has 190 valence electrons. The third-order valence-corrected chi connectivity index (χ3v) is 8.74. The molecule has 2 aliphatic rings. The molecule has 1 fully saturated rings. The van der Waals surface area contributed by atoms with Crippen LogP contribution in [0.25, 0.3) is 0 Å². The SMILES string of the molecule is CCCCCCC(=O)N1CCCN(C(=O)[C@@H](C)N2CCc3sccc3[C@H]2c2ccccc2C)CC1. The maximum Gasteiger partial charge on any atom is 0.239 e. The number of aryl methyl sites for hydroxylation is 1. The van der Waals surface area contributed by atoms with E-state index in [0.29, 0.717) is 19.5 Å². The first kappa shape index (κ1) is 25.9. The molecule has 2 amide bonds. The summed E-state index contributed by atoms with van der Waals surface area (Å²) >= 11 is 1.83. The quantitative estimate of drug-likeness (QED) is 0.459. The lowest BCUT2D eigenvalue weighted by atomic mass is 9.89. The fraction of sp³-hybridized carbons (Fsp3) is 0.586. The van der Waals surface area contributed by atoms with Crippen LogP contribution in [-0.4, -0.2) is 65.3 Å². The van der Waals surface area contributed by atoms with E-state index in [-0.39, 0.29) is 23.9 Å². The van der Waals surface area contributed by atoms with Crippen molar-refractivity contribution in [1.29, 1.82) is 0 Å². The van der Waals surface area contributed by atoms with E-state index in [4.69, 9.17) is 0 Å². The smallest absolute Gasteiger partial charge is 0.239 e. The number of carbonyl (C=O) groups excluding carboxylic acids is 2. The zero-order valence-electron chi connectivity index (χ0n) is 21.7. The number of hydrogen-bond donors (Lipinski definition) is 0. The van der Waals surface area contributed by atoms with Gasteiger partial charge in [-0.25, -0.2) is 0 Å². The van der Waals surface area contributed by atoms with E-state index in [1.54, 1.807) is 0 Å². The predicted octanol–water partition coefficient (Wildman–Crippen LogP) is 5.42. The number of hydrogen-bond acceptors (Lipinski definition) is 4. The van der Waals surface area contributed by atoms with Crippen molar-refractivity contribution in [1.82, 2.24) is 14.7 Å². The molecule has 35 heavy (non-hydrogen) atoms. The lowest BCUT2D eigenvalue weighted by molar-refractivity contribution is -0.138. The van der Waals surface area contributed by atoms with Crippen molar-refractivity contribution in [2.75, 3.05) is 32.7 Å². The van der Waals surface area contributed by atoms with Gasteiger partial charge in [-0.3, -0.25) is 14.5 Å². The van der Waals surface area contributed by atoms with E-state index in [0.717, 1.165) is 45.3 Å². The number of benzene rings is 1. The molecule has 0 bridgehead atoms. The Morgan fingerprint density at radius 2 is 1.74 bits per heavy atom. The molecular weight excluding hydrogens is 454 g/mol. The van der Waals surface area contributed by atoms with Crippen LogP contribution in [0.1, 0.15) is 80.0 Å². The summed E-state index contributed by atoms with van der Waals surface area (Å²) in [5.74, 6) is 0.448. The molecule has 1 aromatic carbocycles. The number of nitrogens with zero attached hydrogens (tertiary/aromatic N) is 3. The molecule has 0 aliphatic carbocycles. The van der Waals surface area contributed by atoms with Crippen molar-refractivity contribution in [2.24, 2.45) is 0 Å². The molecule has 2 atom stereocenters. The average Bonchev–Trinajstić information content (AvgIpc) is 3.21. The molecule has 0 saturated carbocycles. The van der Waals surface area contributed by atoms with Gasteiger partial charge in [-0.15, -0.1) is 11.3 Å². The summed E-state index contributed by atoms with van der Waals surface area (Å²) in [7, 11) is 0. The van der Waals surface area contributed by atoms with Gasteiger partial charge in [0.1, 0.15) is 0 Å². The van der Waals surface area contributed by atoms with E-state index >= 15 is 0 Å². The van der Waals surface area contributed by atoms with Crippen LogP contribution in [0.3, 0.4) is 0 Å². The van der Waals surface area contributed by atoms with Crippen LogP contribution < -0.4 is 0 Å². The minimum absolute atomic E-state index is 0.110. The second-order valence-electron chi connectivity index (χ2n) is 10.1. The van der Waals surface area contributed by atoms with Crippen molar-refractivity contribution < 1.29 is 9.59 Å². The standard InChI is InChI=1S/C29H41N3O2S/c1-4-5-6-7-13-27(33)30-16-10-17-31(20-19-30)29(34)23(3)32-18-14-26-25(15-21-35-26)28(32)24-12-9-8-11-22(24)2/h8-9,11-12,15,21,23,28H,4-7,10,13-14,16-20H2,1-3H3/t23-,28-/m1/s1. The number of thiophene rings is 1. The lowest BCUT2D eigenvalue weighted by Crippen LogP contribution is -2.51. The van der Waals surface area contributed by atoms with Crippen LogP contribution >= 0.6 is 11.3 Å². The van der Waals surface area contributed by atoms with Gasteiger partial charge in [-0.2, -0.15) is 0 Å². The molecule has 0 unspecified atom stereocenters. The Morgan fingerprint density at radius 1 is 0.971 bits per heavy atom. The number of rotatable bonds is 8. The number of carbonyl (C=O) groups is 2. The molecule has 2 aliphatic heterocycles. The van der Waals surface area contributed by atoms with E-state index in [1.807, 2.05) is 21.1 Å². The highest BCUT2D eigenvalue weighted by molar-refractivity contribution is 7.10. The molecule has 0 N–H and O–H groups in total. The van der Waals surface area contributed by atoms with E-state index in [2.05, 4.69) is 61.4 Å². The van der Waals surface area contributed by atoms with Gasteiger partial charge < -0.3 is 9.80 Å². The van der Waals surface area contributed by atoms with Crippen LogP contribution in [0.5, 0.6) is 0 Å². The Hall–Kier alpha value is -2.18. The molecule has 2 aromatic rings. The topological polar surface area (TPSA) is 43.9 Å². The maximum atomic E-state index is 13.8. The van der Waals surface area contributed by atoms with Crippen LogP contribution in [0.4, 0.5) is 0 Å². The van der Waals surface area contributed by atoms with Gasteiger partial charge in [-0.05, 0) is 61.2 Å². The van der Waals surface area contributed by atoms with Crippen LogP contribution in [0.15, 0.2) is 35.7 Å². The Labute approximate surface area is 215 Å². The van der Waals surface area contributed by atoms with Crippen molar-refractivity contribution in [3.05, 3.63) is 57.3 Å². The van der Waals surface area contributed by atoms with Crippen molar-refractivity contribution in [3.8, 4) is 0 Å². The zero-order chi connectivity index (χ0) is 24.8. The summed E-state index contributed by atoms with van der Waals surface area (Å²) in [6.07, 6.45) is 6.97. The molecule has 0 spiro atoms. The monoisotopic (exact) mass is 495 g/mol. The number of fused-ring (bicyclic) bond motifs is 1. The van der Waals surface area contributed by atoms with Gasteiger partial charge in [0, 0.05) is 44.0 Å². The van der Waals surface area contributed by atoms with Crippen molar-refractivity contribution in [3.63, 3.8) is 0 Å². The molecule has 5 nitrogen and oxygen atoms in total. The number of amides is 2. The summed E-state index contributed by atoms with van der Waals surface area (Å²) < 4.78 is 0. The normalized spacial score (nSPS) is 19.8. The first-order chi connectivity index (χ1) is 17.0. The minimum atomic E-state index is -0.205. The van der Waals surface area contributed by atoms with Gasteiger partial charge in [0.15, 0.2) is 0 Å². The molecule has 3 heterocycles. The highest BCUT2D eigenvalue weighted by Gasteiger charge is 2.37. The summed E-state index contributed by atoms with van der Waals surface area (Å²) in [5.41, 5.74) is 3.91. The molecule has 4 rings (SSSR count). The fourth-order valence-corrected chi connectivity index (χ4v) is 6.55. The van der Waals surface area contributed by atoms with Gasteiger partial charge in [-0.1, -0.05) is 50.5 Å². The van der Waals surface area contributed by atoms with Crippen LogP contribution in [0, 0.1) is 6.92 Å². The summed E-state index contributed by atoms with van der Waals surface area (Å²) in [4.78, 5) is 34.3. The third-order valence-electron chi connectivity index (χ3n) is 7.75. The first-order valence-corrected chi connectivity index (χ1v) is 14.3. The molecule has 1 saturated heterocycles. The van der Waals surface area contributed by atoms with Crippen LogP contribution in [0.2, 0.25) is 0 Å². The van der Waals surface area contributed by atoms with Crippen molar-refractivity contribution >= 4 is 23.2 Å². The lowest BCUT2D eigenvalue weighted by Gasteiger charge is -2.41. The average molecular weight is 496 g/mol. The molecule has 1 aromatic heterocycles. The molecule has 6 heteroatoms. The highest BCUT2D eigenvalue weighted by Crippen LogP contribution is 2.40. The zero-order valence-corrected chi connectivity index (χ0v) is 22.5. The predicted molar refractivity (Wildman–Crippen MR) is 144 cm³/mol. The summed E-state index contributed by atoms with van der Waals surface area (Å²) in [5, 5.41) is 2.19. The van der Waals surface area contributed by atoms with Gasteiger partial charge in [0.25, 0.3) is 0 Å². The highest BCUT2D eigenvalue weighted by atomic mass is 32.1. The van der Waals surface area contributed by atoms with Crippen molar-refractivity contribution in [2.45, 2.75) is 77.8 Å². The minimum Gasteiger partial charge on any atom is -0.341 e. The molecular formula is C29H41N3O2S. The Bertz CT molecular complexity index is 1000. The fourth-order valence-electron chi connectivity index (χ4n) is 5.65. The maximum absolute atomic E-state index is 13.8. The van der Waals surface area contributed by atoms with Gasteiger partial charge >= 0.3 is 0 Å². The summed E-state index contributed by atoms with van der Waals surface area (Å²) in [6, 6.07) is 10.7. The Morgan fingerprint density at radius 3 is 2.54 bits per heavy atom. The largest absolute Gasteiger partial charge is 0.341 e. The molecule has 0 radical (unpaired) electrons. The summed E-state index contributed by atoms with van der Waals surface area (Å²) in [6.45, 7) is 10.1. The van der Waals surface area contributed by atoms with E-state index in [1.165, 1.54) is 34.4 Å².